The SMILES string of the molecule is CC(C)(C)c1ccc(-c2nc3ccccc3n2Cc2ccc(Cl)cc2F)cc1. The number of rotatable bonds is 3. The molecule has 4 heteroatoms. The predicted molar refractivity (Wildman–Crippen MR) is 114 cm³/mol. The average Bonchev–Trinajstić information content (AvgIpc) is 3.02. The third-order valence-corrected chi connectivity index (χ3v) is 5.24. The van der Waals surface area contributed by atoms with Crippen LogP contribution in [0, 0.1) is 5.82 Å². The second-order valence-corrected chi connectivity index (χ2v) is 8.51. The quantitative estimate of drug-likeness (QED) is 0.373. The lowest BCUT2D eigenvalue weighted by Crippen LogP contribution is -2.10. The molecule has 1 aromatic heterocycles. The summed E-state index contributed by atoms with van der Waals surface area (Å²) in [5.41, 5.74) is 4.82. The fraction of sp³-hybridized carbons (Fsp3) is 0.208. The Morgan fingerprint density at radius 1 is 0.964 bits per heavy atom. The summed E-state index contributed by atoms with van der Waals surface area (Å²) in [6, 6.07) is 21.2. The van der Waals surface area contributed by atoms with Crippen molar-refractivity contribution in [3.05, 3.63) is 88.7 Å². The molecule has 1 heterocycles. The molecule has 0 aliphatic carbocycles. The molecule has 0 saturated carbocycles. The van der Waals surface area contributed by atoms with Crippen LogP contribution in [0.4, 0.5) is 4.39 Å². The Kier molecular flexibility index (Phi) is 4.72. The molecule has 4 aromatic rings. The monoisotopic (exact) mass is 392 g/mol. The van der Waals surface area contributed by atoms with Crippen molar-refractivity contribution in [2.75, 3.05) is 0 Å². The van der Waals surface area contributed by atoms with E-state index in [0.717, 1.165) is 22.4 Å². The molecule has 28 heavy (non-hydrogen) atoms. The summed E-state index contributed by atoms with van der Waals surface area (Å²) >= 11 is 5.91. The topological polar surface area (TPSA) is 17.8 Å². The lowest BCUT2D eigenvalue weighted by molar-refractivity contribution is 0.590. The molecule has 0 amide bonds. The number of aromatic nitrogens is 2. The molecule has 0 N–H and O–H groups in total. The number of imidazole rings is 1. The minimum atomic E-state index is -0.306. The van der Waals surface area contributed by atoms with Crippen LogP contribution in [0.3, 0.4) is 0 Å². The Bertz CT molecular complexity index is 1140. The zero-order chi connectivity index (χ0) is 19.9. The van der Waals surface area contributed by atoms with Gasteiger partial charge in [0.2, 0.25) is 0 Å². The van der Waals surface area contributed by atoms with Gasteiger partial charge in [-0.25, -0.2) is 9.37 Å². The van der Waals surface area contributed by atoms with Crippen molar-refractivity contribution < 1.29 is 4.39 Å². The maximum absolute atomic E-state index is 14.4. The molecule has 0 radical (unpaired) electrons. The fourth-order valence-electron chi connectivity index (χ4n) is 3.40. The standard InChI is InChI=1S/C24H22ClFN2/c1-24(2,3)18-11-8-16(9-12-18)23-27-21-6-4-5-7-22(21)28(23)15-17-10-13-19(25)14-20(17)26/h4-14H,15H2,1-3H3. The average molecular weight is 393 g/mol. The highest BCUT2D eigenvalue weighted by Gasteiger charge is 2.17. The van der Waals surface area contributed by atoms with Gasteiger partial charge in [-0.2, -0.15) is 0 Å². The van der Waals surface area contributed by atoms with Gasteiger partial charge in [0.15, 0.2) is 0 Å². The second kappa shape index (κ2) is 7.06. The van der Waals surface area contributed by atoms with E-state index in [1.165, 1.54) is 11.6 Å². The van der Waals surface area contributed by atoms with Gasteiger partial charge < -0.3 is 4.57 Å². The molecule has 0 unspecified atom stereocenters. The molecule has 0 spiro atoms. The first-order valence-electron chi connectivity index (χ1n) is 9.33. The van der Waals surface area contributed by atoms with Crippen molar-refractivity contribution in [3.63, 3.8) is 0 Å². The van der Waals surface area contributed by atoms with Gasteiger partial charge in [-0.15, -0.1) is 0 Å². The zero-order valence-corrected chi connectivity index (χ0v) is 17.0. The zero-order valence-electron chi connectivity index (χ0n) is 16.2. The van der Waals surface area contributed by atoms with Crippen LogP contribution in [-0.2, 0) is 12.0 Å². The largest absolute Gasteiger partial charge is 0.319 e. The van der Waals surface area contributed by atoms with E-state index in [4.69, 9.17) is 16.6 Å². The summed E-state index contributed by atoms with van der Waals surface area (Å²) in [4.78, 5) is 4.83. The summed E-state index contributed by atoms with van der Waals surface area (Å²) in [5, 5.41) is 0.398. The van der Waals surface area contributed by atoms with E-state index in [2.05, 4.69) is 49.6 Å². The molecule has 0 fully saturated rings. The first-order valence-corrected chi connectivity index (χ1v) is 9.71. The molecule has 0 aliphatic rings. The van der Waals surface area contributed by atoms with E-state index in [1.54, 1.807) is 12.1 Å². The highest BCUT2D eigenvalue weighted by atomic mass is 35.5. The van der Waals surface area contributed by atoms with Crippen LogP contribution in [0.1, 0.15) is 31.9 Å². The molecule has 0 atom stereocenters. The van der Waals surface area contributed by atoms with Crippen LogP contribution in [-0.4, -0.2) is 9.55 Å². The Labute approximate surface area is 169 Å². The van der Waals surface area contributed by atoms with Gasteiger partial charge in [-0.3, -0.25) is 0 Å². The summed E-state index contributed by atoms with van der Waals surface area (Å²) in [5.74, 6) is 0.523. The van der Waals surface area contributed by atoms with Crippen molar-refractivity contribution in [2.45, 2.75) is 32.7 Å². The summed E-state index contributed by atoms with van der Waals surface area (Å²) in [6.07, 6.45) is 0. The van der Waals surface area contributed by atoms with E-state index in [0.29, 0.717) is 17.1 Å². The molecule has 0 aliphatic heterocycles. The van der Waals surface area contributed by atoms with E-state index in [1.807, 2.05) is 24.3 Å². The molecule has 2 nitrogen and oxygen atoms in total. The van der Waals surface area contributed by atoms with Crippen molar-refractivity contribution in [1.82, 2.24) is 9.55 Å². The number of nitrogens with zero attached hydrogens (tertiary/aromatic N) is 2. The van der Waals surface area contributed by atoms with Gasteiger partial charge in [0.1, 0.15) is 11.6 Å². The number of para-hydroxylation sites is 2. The number of hydrogen-bond acceptors (Lipinski definition) is 1. The van der Waals surface area contributed by atoms with Crippen LogP contribution in [0.2, 0.25) is 5.02 Å². The van der Waals surface area contributed by atoms with Crippen LogP contribution >= 0.6 is 11.6 Å². The Hall–Kier alpha value is -2.65. The molecule has 4 rings (SSSR count). The fourth-order valence-corrected chi connectivity index (χ4v) is 3.55. The van der Waals surface area contributed by atoms with E-state index in [9.17, 15) is 4.39 Å². The maximum atomic E-state index is 14.4. The van der Waals surface area contributed by atoms with E-state index >= 15 is 0 Å². The molecule has 0 bridgehead atoms. The first-order chi connectivity index (χ1) is 13.3. The smallest absolute Gasteiger partial charge is 0.141 e. The third kappa shape index (κ3) is 3.55. The Morgan fingerprint density at radius 3 is 2.36 bits per heavy atom. The van der Waals surface area contributed by atoms with Crippen LogP contribution in [0.25, 0.3) is 22.4 Å². The third-order valence-electron chi connectivity index (χ3n) is 5.01. The van der Waals surface area contributed by atoms with E-state index < -0.39 is 0 Å². The lowest BCUT2D eigenvalue weighted by Gasteiger charge is -2.19. The van der Waals surface area contributed by atoms with Crippen molar-refractivity contribution >= 4 is 22.6 Å². The summed E-state index contributed by atoms with van der Waals surface area (Å²) < 4.78 is 16.5. The summed E-state index contributed by atoms with van der Waals surface area (Å²) in [6.45, 7) is 6.97. The van der Waals surface area contributed by atoms with Gasteiger partial charge in [0.25, 0.3) is 0 Å². The molecule has 3 aromatic carbocycles. The van der Waals surface area contributed by atoms with E-state index in [-0.39, 0.29) is 11.2 Å². The second-order valence-electron chi connectivity index (χ2n) is 8.07. The minimum absolute atomic E-state index is 0.0884. The van der Waals surface area contributed by atoms with Gasteiger partial charge in [0.05, 0.1) is 17.6 Å². The first kappa shape index (κ1) is 18.7. The highest BCUT2D eigenvalue weighted by molar-refractivity contribution is 6.30. The number of hydrogen-bond donors (Lipinski definition) is 0. The minimum Gasteiger partial charge on any atom is -0.319 e. The number of fused-ring (bicyclic) bond motifs is 1. The highest BCUT2D eigenvalue weighted by Crippen LogP contribution is 2.29. The van der Waals surface area contributed by atoms with Crippen LogP contribution in [0.5, 0.6) is 0 Å². The molecule has 142 valence electrons. The lowest BCUT2D eigenvalue weighted by atomic mass is 9.87. The van der Waals surface area contributed by atoms with Crippen LogP contribution in [0.15, 0.2) is 66.7 Å². The van der Waals surface area contributed by atoms with Crippen molar-refractivity contribution in [2.24, 2.45) is 0 Å². The van der Waals surface area contributed by atoms with Gasteiger partial charge in [-0.05, 0) is 35.2 Å². The van der Waals surface area contributed by atoms with Gasteiger partial charge in [0, 0.05) is 16.1 Å². The Morgan fingerprint density at radius 2 is 1.68 bits per heavy atom. The van der Waals surface area contributed by atoms with Crippen LogP contribution < -0.4 is 0 Å². The van der Waals surface area contributed by atoms with Gasteiger partial charge >= 0.3 is 0 Å². The normalized spacial score (nSPS) is 11.9. The van der Waals surface area contributed by atoms with Crippen molar-refractivity contribution in [1.29, 1.82) is 0 Å². The Balaban J connectivity index is 1.83. The predicted octanol–water partition coefficient (Wildman–Crippen LogP) is 6.84. The number of benzene rings is 3. The summed E-state index contributed by atoms with van der Waals surface area (Å²) in [7, 11) is 0. The number of halogens is 2. The molecule has 0 saturated heterocycles. The molecular weight excluding hydrogens is 371 g/mol. The van der Waals surface area contributed by atoms with Gasteiger partial charge in [-0.1, -0.05) is 74.8 Å². The van der Waals surface area contributed by atoms with Crippen molar-refractivity contribution in [3.8, 4) is 11.4 Å². The molecular formula is C24H22ClFN2. The maximum Gasteiger partial charge on any atom is 0.141 e.